The Kier molecular flexibility index (Phi) is 5.86. The Hall–Kier alpha value is -2.48. The Morgan fingerprint density at radius 2 is 1.88 bits per heavy atom. The highest BCUT2D eigenvalue weighted by Gasteiger charge is 2.05. The van der Waals surface area contributed by atoms with Gasteiger partial charge in [-0.3, -0.25) is 0 Å². The lowest BCUT2D eigenvalue weighted by Gasteiger charge is -2.08. The maximum atomic E-state index is 11.7. The number of aryl methyl sites for hydroxylation is 1. The lowest BCUT2D eigenvalue weighted by atomic mass is 10.2. The SMILES string of the molecule is Cc1ccnc(-c2ccc(NC(=O)NCCCS(C)(=O)=O)cc2)n1. The number of nitrogens with one attached hydrogen (secondary N) is 2. The van der Waals surface area contributed by atoms with Crippen LogP contribution in [0.5, 0.6) is 0 Å². The third-order valence-electron chi connectivity index (χ3n) is 3.17. The standard InChI is InChI=1S/C16H20N4O3S/c1-12-8-10-17-15(19-12)13-4-6-14(7-5-13)20-16(21)18-9-3-11-24(2,22)23/h4-8,10H,3,9,11H2,1-2H3,(H2,18,20,21). The van der Waals surface area contributed by atoms with Crippen LogP contribution in [0.15, 0.2) is 36.5 Å². The predicted molar refractivity (Wildman–Crippen MR) is 93.6 cm³/mol. The molecule has 8 heteroatoms. The predicted octanol–water partition coefficient (Wildman–Crippen LogP) is 2.01. The highest BCUT2D eigenvalue weighted by Crippen LogP contribution is 2.17. The number of aromatic nitrogens is 2. The summed E-state index contributed by atoms with van der Waals surface area (Å²) in [5, 5.41) is 5.31. The maximum absolute atomic E-state index is 11.7. The number of sulfone groups is 1. The largest absolute Gasteiger partial charge is 0.338 e. The first-order valence-corrected chi connectivity index (χ1v) is 9.52. The van der Waals surface area contributed by atoms with E-state index in [1.165, 1.54) is 6.26 Å². The second-order valence-corrected chi connectivity index (χ2v) is 7.72. The number of carbonyl (C=O) groups is 1. The molecule has 0 radical (unpaired) electrons. The second-order valence-electron chi connectivity index (χ2n) is 5.46. The van der Waals surface area contributed by atoms with Gasteiger partial charge in [-0.25, -0.2) is 23.2 Å². The summed E-state index contributed by atoms with van der Waals surface area (Å²) in [4.78, 5) is 20.3. The molecule has 0 aliphatic rings. The monoisotopic (exact) mass is 348 g/mol. The van der Waals surface area contributed by atoms with Crippen molar-refractivity contribution in [1.29, 1.82) is 0 Å². The van der Waals surface area contributed by atoms with E-state index in [1.807, 2.05) is 25.1 Å². The minimum atomic E-state index is -3.00. The van der Waals surface area contributed by atoms with Crippen molar-refractivity contribution in [1.82, 2.24) is 15.3 Å². The quantitative estimate of drug-likeness (QED) is 0.778. The van der Waals surface area contributed by atoms with Crippen LogP contribution in [0.25, 0.3) is 11.4 Å². The number of urea groups is 1. The number of hydrogen-bond donors (Lipinski definition) is 2. The van der Waals surface area contributed by atoms with E-state index in [2.05, 4.69) is 20.6 Å². The zero-order valence-corrected chi connectivity index (χ0v) is 14.4. The van der Waals surface area contributed by atoms with Crippen LogP contribution in [0, 0.1) is 6.92 Å². The van der Waals surface area contributed by atoms with Gasteiger partial charge in [0.05, 0.1) is 5.75 Å². The van der Waals surface area contributed by atoms with E-state index in [-0.39, 0.29) is 11.8 Å². The van der Waals surface area contributed by atoms with Gasteiger partial charge in [-0.1, -0.05) is 0 Å². The lowest BCUT2D eigenvalue weighted by Crippen LogP contribution is -2.30. The topological polar surface area (TPSA) is 101 Å². The van der Waals surface area contributed by atoms with Gasteiger partial charge in [-0.15, -0.1) is 0 Å². The van der Waals surface area contributed by atoms with Gasteiger partial charge in [-0.05, 0) is 43.7 Å². The van der Waals surface area contributed by atoms with Gasteiger partial charge >= 0.3 is 6.03 Å². The molecule has 0 aliphatic carbocycles. The highest BCUT2D eigenvalue weighted by atomic mass is 32.2. The fourth-order valence-corrected chi connectivity index (χ4v) is 2.67. The Bertz CT molecular complexity index is 804. The fraction of sp³-hybridized carbons (Fsp3) is 0.312. The molecule has 2 amide bonds. The molecule has 0 spiro atoms. The van der Waals surface area contributed by atoms with Crippen LogP contribution in [0.1, 0.15) is 12.1 Å². The molecule has 0 atom stereocenters. The number of rotatable bonds is 6. The van der Waals surface area contributed by atoms with Crippen LogP contribution in [-0.2, 0) is 9.84 Å². The first kappa shape index (κ1) is 17.9. The molecule has 7 nitrogen and oxygen atoms in total. The number of nitrogens with zero attached hydrogens (tertiary/aromatic N) is 2. The summed E-state index contributed by atoms with van der Waals surface area (Å²) >= 11 is 0. The van der Waals surface area contributed by atoms with Gasteiger partial charge in [-0.2, -0.15) is 0 Å². The molecule has 2 aromatic rings. The van der Waals surface area contributed by atoms with E-state index < -0.39 is 9.84 Å². The van der Waals surface area contributed by atoms with Crippen molar-refractivity contribution in [2.75, 3.05) is 23.9 Å². The normalized spacial score (nSPS) is 11.1. The van der Waals surface area contributed by atoms with Gasteiger partial charge in [0.1, 0.15) is 9.84 Å². The summed E-state index contributed by atoms with van der Waals surface area (Å²) in [6.07, 6.45) is 3.26. The molecule has 24 heavy (non-hydrogen) atoms. The number of benzene rings is 1. The zero-order chi connectivity index (χ0) is 17.6. The van der Waals surface area contributed by atoms with Crippen molar-refractivity contribution in [3.8, 4) is 11.4 Å². The van der Waals surface area contributed by atoms with Crippen molar-refractivity contribution in [3.63, 3.8) is 0 Å². The van der Waals surface area contributed by atoms with Crippen LogP contribution in [0.2, 0.25) is 0 Å². The van der Waals surface area contributed by atoms with Crippen LogP contribution >= 0.6 is 0 Å². The molecule has 0 unspecified atom stereocenters. The van der Waals surface area contributed by atoms with E-state index >= 15 is 0 Å². The van der Waals surface area contributed by atoms with Crippen molar-refractivity contribution >= 4 is 21.6 Å². The van der Waals surface area contributed by atoms with Gasteiger partial charge in [0.2, 0.25) is 0 Å². The van der Waals surface area contributed by atoms with Crippen molar-refractivity contribution in [2.45, 2.75) is 13.3 Å². The van der Waals surface area contributed by atoms with E-state index in [4.69, 9.17) is 0 Å². The van der Waals surface area contributed by atoms with E-state index in [9.17, 15) is 13.2 Å². The summed E-state index contributed by atoms with van der Waals surface area (Å²) in [5.74, 6) is 0.685. The van der Waals surface area contributed by atoms with Crippen molar-refractivity contribution < 1.29 is 13.2 Å². The van der Waals surface area contributed by atoms with Crippen LogP contribution in [-0.4, -0.2) is 43.0 Å². The van der Waals surface area contributed by atoms with Crippen molar-refractivity contribution in [2.24, 2.45) is 0 Å². The molecule has 128 valence electrons. The highest BCUT2D eigenvalue weighted by molar-refractivity contribution is 7.90. The maximum Gasteiger partial charge on any atom is 0.319 e. The molecule has 0 saturated heterocycles. The smallest absolute Gasteiger partial charge is 0.319 e. The van der Waals surface area contributed by atoms with Gasteiger partial charge in [0.15, 0.2) is 5.82 Å². The minimum Gasteiger partial charge on any atom is -0.338 e. The molecule has 2 rings (SSSR count). The summed E-state index contributed by atoms with van der Waals surface area (Å²) in [6.45, 7) is 2.20. The molecule has 0 fully saturated rings. The first-order chi connectivity index (χ1) is 11.3. The van der Waals surface area contributed by atoms with Crippen LogP contribution in [0.4, 0.5) is 10.5 Å². The van der Waals surface area contributed by atoms with Gasteiger partial charge < -0.3 is 10.6 Å². The second kappa shape index (κ2) is 7.87. The molecule has 1 aromatic carbocycles. The van der Waals surface area contributed by atoms with Crippen LogP contribution < -0.4 is 10.6 Å². The Balaban J connectivity index is 1.86. The average Bonchev–Trinajstić information content (AvgIpc) is 2.51. The molecular weight excluding hydrogens is 328 g/mol. The summed E-state index contributed by atoms with van der Waals surface area (Å²) in [6, 6.07) is 8.63. The Labute approximate surface area is 141 Å². The summed E-state index contributed by atoms with van der Waals surface area (Å²) in [5.41, 5.74) is 2.38. The first-order valence-electron chi connectivity index (χ1n) is 7.46. The Morgan fingerprint density at radius 1 is 1.17 bits per heavy atom. The van der Waals surface area contributed by atoms with E-state index in [0.717, 1.165) is 11.3 Å². The lowest BCUT2D eigenvalue weighted by molar-refractivity contribution is 0.252. The molecule has 0 aliphatic heterocycles. The summed E-state index contributed by atoms with van der Waals surface area (Å²) in [7, 11) is -3.00. The van der Waals surface area contributed by atoms with Gasteiger partial charge in [0, 0.05) is 35.9 Å². The number of hydrogen-bond acceptors (Lipinski definition) is 5. The number of amides is 2. The third-order valence-corrected chi connectivity index (χ3v) is 4.20. The summed E-state index contributed by atoms with van der Waals surface area (Å²) < 4.78 is 22.0. The number of anilines is 1. The molecule has 1 heterocycles. The van der Waals surface area contributed by atoms with Gasteiger partial charge in [0.25, 0.3) is 0 Å². The molecule has 0 saturated carbocycles. The van der Waals surface area contributed by atoms with Crippen molar-refractivity contribution in [3.05, 3.63) is 42.2 Å². The zero-order valence-electron chi connectivity index (χ0n) is 13.6. The van der Waals surface area contributed by atoms with Crippen LogP contribution in [0.3, 0.4) is 0 Å². The third kappa shape index (κ3) is 5.96. The molecular formula is C16H20N4O3S. The molecule has 2 N–H and O–H groups in total. The minimum absolute atomic E-state index is 0.0540. The fourth-order valence-electron chi connectivity index (χ4n) is 2.00. The van der Waals surface area contributed by atoms with E-state index in [1.54, 1.807) is 18.3 Å². The van der Waals surface area contributed by atoms with E-state index in [0.29, 0.717) is 24.5 Å². The molecule has 0 bridgehead atoms. The molecule has 1 aromatic heterocycles. The number of carbonyl (C=O) groups excluding carboxylic acids is 1. The average molecular weight is 348 g/mol. The Morgan fingerprint density at radius 3 is 2.50 bits per heavy atom.